The van der Waals surface area contributed by atoms with Gasteiger partial charge in [0.1, 0.15) is 60.4 Å². The highest BCUT2D eigenvalue weighted by Gasteiger charge is 2.37. The number of nitrogens with two attached hydrogens (primary N) is 6. The number of aliphatic hydroxyl groups excluding tert-OH is 2. The molecule has 0 spiro atoms. The average molecular weight is 1530 g/mol. The van der Waals surface area contributed by atoms with Crippen LogP contribution in [0.5, 0.6) is 0 Å². The zero-order valence-electron chi connectivity index (χ0n) is 55.9. The second kappa shape index (κ2) is 49.0. The maximum atomic E-state index is 14.1. The van der Waals surface area contributed by atoms with Crippen LogP contribution in [0.4, 0.5) is 0 Å². The van der Waals surface area contributed by atoms with Gasteiger partial charge < -0.3 is 129 Å². The number of rotatable bonds is 51. The number of aliphatic imine (C=N–C) groups is 1. The third-order valence-corrected chi connectivity index (χ3v) is 15.3. The van der Waals surface area contributed by atoms with Crippen LogP contribution < -0.4 is 109 Å². The molecule has 0 saturated carbocycles. The number of hydrogen-bond donors (Lipinski definition) is 26. The van der Waals surface area contributed by atoms with Gasteiger partial charge in [0.2, 0.25) is 100 Å². The fourth-order valence-electron chi connectivity index (χ4n) is 8.49. The molecule has 1 aromatic carbocycles. The van der Waals surface area contributed by atoms with Gasteiger partial charge in [-0.25, -0.2) is 4.79 Å². The number of thiol groups is 2. The molecule has 0 heterocycles. The molecule has 0 aliphatic carbocycles. The number of carboxylic acids is 2. The largest absolute Gasteiger partial charge is 0.481 e. The quantitative estimate of drug-likeness (QED) is 0.0125. The number of guanidine groups is 1. The molecule has 47 heteroatoms. The van der Waals surface area contributed by atoms with E-state index in [1.165, 1.54) is 11.8 Å². The molecule has 0 aliphatic heterocycles. The smallest absolute Gasteiger partial charge is 0.327 e. The Hall–Kier alpha value is -10.7. The van der Waals surface area contributed by atoms with Gasteiger partial charge in [-0.3, -0.25) is 91.3 Å². The molecule has 0 bridgehead atoms. The van der Waals surface area contributed by atoms with E-state index in [1.807, 2.05) is 0 Å². The summed E-state index contributed by atoms with van der Waals surface area (Å²) >= 11 is 9.16. The highest BCUT2D eigenvalue weighted by atomic mass is 32.2. The first kappa shape index (κ1) is 91.4. The normalized spacial score (nSPS) is 13.9. The number of aliphatic carboxylic acids is 2. The van der Waals surface area contributed by atoms with Crippen molar-refractivity contribution in [2.75, 3.05) is 69.5 Å². The van der Waals surface area contributed by atoms with Gasteiger partial charge in [-0.1, -0.05) is 30.3 Å². The number of carbonyl (C=O) groups is 19. The molecule has 44 nitrogen and oxygen atoms in total. The lowest BCUT2D eigenvalue weighted by molar-refractivity contribution is -0.141. The molecule has 578 valence electrons. The molecule has 104 heavy (non-hydrogen) atoms. The molecule has 0 aliphatic rings. The number of nitrogens with one attached hydrogen (secondary N) is 14. The van der Waals surface area contributed by atoms with Crippen LogP contribution in [0, 0.1) is 0 Å². The lowest BCUT2D eigenvalue weighted by Gasteiger charge is -2.27. The van der Waals surface area contributed by atoms with Gasteiger partial charge in [0.25, 0.3) is 0 Å². The van der Waals surface area contributed by atoms with Crippen molar-refractivity contribution in [2.45, 2.75) is 124 Å². The van der Waals surface area contributed by atoms with Crippen LogP contribution >= 0.6 is 37.0 Å². The summed E-state index contributed by atoms with van der Waals surface area (Å²) in [5.74, 6) is -22.7. The van der Waals surface area contributed by atoms with E-state index in [9.17, 15) is 112 Å². The summed E-state index contributed by atoms with van der Waals surface area (Å²) in [6, 6.07) is -10.6. The number of carboxylic acid groups (broad SMARTS) is 2. The lowest BCUT2D eigenvalue weighted by Crippen LogP contribution is -2.61. The third-order valence-electron chi connectivity index (χ3n) is 13.9. The molecule has 11 atom stereocenters. The summed E-state index contributed by atoms with van der Waals surface area (Å²) in [6.07, 6.45) is -3.03. The lowest BCUT2D eigenvalue weighted by atomic mass is 10.0. The van der Waals surface area contributed by atoms with E-state index in [1.54, 1.807) is 36.6 Å². The molecular weight excluding hydrogens is 1440 g/mol. The van der Waals surface area contributed by atoms with Crippen molar-refractivity contribution < 1.29 is 112 Å². The molecule has 0 fully saturated rings. The minimum absolute atomic E-state index is 0.106. The van der Waals surface area contributed by atoms with Gasteiger partial charge in [0.05, 0.1) is 64.7 Å². The summed E-state index contributed by atoms with van der Waals surface area (Å²) in [5, 5.41) is 70.6. The van der Waals surface area contributed by atoms with E-state index in [2.05, 4.69) is 105 Å². The van der Waals surface area contributed by atoms with Crippen molar-refractivity contribution in [3.8, 4) is 0 Å². The Bertz CT molecular complexity index is 3250. The van der Waals surface area contributed by atoms with Crippen LogP contribution in [0.1, 0.15) is 56.9 Å². The molecule has 1 rings (SSSR count). The van der Waals surface area contributed by atoms with Gasteiger partial charge in [-0.15, -0.1) is 0 Å². The van der Waals surface area contributed by atoms with Crippen molar-refractivity contribution in [3.63, 3.8) is 0 Å². The van der Waals surface area contributed by atoms with Gasteiger partial charge in [-0.05, 0) is 43.3 Å². The Balaban J connectivity index is 3.20. The second-order valence-corrected chi connectivity index (χ2v) is 24.0. The number of thioether (sulfide) groups is 1. The summed E-state index contributed by atoms with van der Waals surface area (Å²) in [7, 11) is 0. The molecule has 0 aromatic heterocycles. The van der Waals surface area contributed by atoms with Crippen molar-refractivity contribution >= 4 is 155 Å². The van der Waals surface area contributed by atoms with Gasteiger partial charge >= 0.3 is 11.9 Å². The van der Waals surface area contributed by atoms with Crippen LogP contribution in [0.2, 0.25) is 0 Å². The van der Waals surface area contributed by atoms with Crippen LogP contribution in [-0.4, -0.2) is 275 Å². The highest BCUT2D eigenvalue weighted by molar-refractivity contribution is 7.98. The Kier molecular flexibility index (Phi) is 43.1. The van der Waals surface area contributed by atoms with Crippen molar-refractivity contribution in [2.24, 2.45) is 39.4 Å². The van der Waals surface area contributed by atoms with Crippen LogP contribution in [0.3, 0.4) is 0 Å². The minimum Gasteiger partial charge on any atom is -0.481 e. The van der Waals surface area contributed by atoms with E-state index in [0.717, 1.165) is 0 Å². The maximum absolute atomic E-state index is 14.1. The Morgan fingerprint density at radius 1 is 0.433 bits per heavy atom. The van der Waals surface area contributed by atoms with Gasteiger partial charge in [-0.2, -0.15) is 37.0 Å². The number of primary amides is 3. The zero-order chi connectivity index (χ0) is 78.8. The number of carbonyl (C=O) groups excluding carboxylic acids is 17. The van der Waals surface area contributed by atoms with Crippen molar-refractivity contribution in [3.05, 3.63) is 35.9 Å². The van der Waals surface area contributed by atoms with Gasteiger partial charge in [0, 0.05) is 30.9 Å². The third kappa shape index (κ3) is 37.3. The summed E-state index contributed by atoms with van der Waals surface area (Å²) in [4.78, 5) is 247. The fourth-order valence-corrected chi connectivity index (χ4v) is 9.46. The van der Waals surface area contributed by atoms with Crippen molar-refractivity contribution in [1.82, 2.24) is 74.4 Å². The summed E-state index contributed by atoms with van der Waals surface area (Å²) in [5.41, 5.74) is 32.5. The Morgan fingerprint density at radius 2 is 0.808 bits per heavy atom. The molecule has 30 N–H and O–H groups in total. The Morgan fingerprint density at radius 3 is 1.25 bits per heavy atom. The SMILES string of the molecule is CSCC[C@H](NC(=O)[C@H](CO)NC(=O)[C@H](CCCN=C(N)N)NC(=O)[C@H](CCC(=O)O)NC(=O)[C@H](CO)NC(=O)[C@H](CS)NC(=O)CNC(=O)CNC(=O)CNC(=O)CNC(=O)[C@H](CC(N)=O)NC(=O)[C@@H](N)CC(N)=O)C(=O)N[C@@H](CC(N)=O)C(=O)N[C@@H](Cc1ccccc1)C(=O)N[C@@H](CS)C(=O)O. The molecule has 0 radical (unpaired) electrons. The topological polar surface area (TPSA) is 742 Å². The van der Waals surface area contributed by atoms with E-state index >= 15 is 0 Å². The van der Waals surface area contributed by atoms with E-state index in [-0.39, 0.29) is 49.7 Å². The second-order valence-electron chi connectivity index (χ2n) is 22.3. The van der Waals surface area contributed by atoms with E-state index in [0.29, 0.717) is 5.56 Å². The fraction of sp³-hybridized carbons (Fsp3) is 0.544. The number of hydrogen-bond acceptors (Lipinski definition) is 26. The molecule has 17 amide bonds. The number of aliphatic hydroxyl groups is 2. The first-order chi connectivity index (χ1) is 49.0. The van der Waals surface area contributed by atoms with Crippen LogP contribution in [0.25, 0.3) is 0 Å². The maximum Gasteiger partial charge on any atom is 0.327 e. The monoisotopic (exact) mass is 1530 g/mol. The standard InChI is InChI=1S/C57H89N21O23S3/c1-104-13-11-30(50(94)75-33(17-40(61)83)52(96)74-31(14-26-6-3-2-4-7-26)51(95)78-37(25-103)56(100)101)72-54(98)34(22-79)76-48(92)28(8-5-12-64-57(62)63)70-49(93)29(9-10-45(88)89)71-53(97)35(23-80)77-55(99)36(24-102)69-44(87)21-67-42(85)19-65-41(84)18-66-43(86)20-68-47(91)32(16-39(60)82)73-46(90)27(58)15-38(59)81/h2-4,6-7,27-37,79-80,102-103H,5,8-25,58H2,1H3,(H2,59,81)(H2,60,82)(H2,61,83)(H,65,84)(H,66,86)(H,67,85)(H,68,91)(H,69,87)(H,70,93)(H,71,97)(H,72,98)(H,73,90)(H,74,96)(H,75,94)(H,76,92)(H,77,99)(H,78,95)(H,88,89)(H,100,101)(H4,62,63,64)/t27-,28-,29-,30-,31-,32-,33-,34-,35-,36-,37-/m0/s1. The molecule has 0 unspecified atom stereocenters. The van der Waals surface area contributed by atoms with E-state index < -0.39 is 256 Å². The van der Waals surface area contributed by atoms with Crippen molar-refractivity contribution in [1.29, 1.82) is 0 Å². The first-order valence-corrected chi connectivity index (χ1v) is 33.8. The number of nitrogens with zero attached hydrogens (tertiary/aromatic N) is 1. The van der Waals surface area contributed by atoms with E-state index in [4.69, 9.17) is 34.4 Å². The predicted octanol–water partition coefficient (Wildman–Crippen LogP) is -13.9. The van der Waals surface area contributed by atoms with Crippen LogP contribution in [-0.2, 0) is 97.5 Å². The molecule has 1 aromatic rings. The number of benzene rings is 1. The summed E-state index contributed by atoms with van der Waals surface area (Å²) in [6.45, 7) is -5.74. The first-order valence-electron chi connectivity index (χ1n) is 31.2. The minimum atomic E-state index is -1.96. The molecule has 0 saturated heterocycles. The number of amides is 17. The molecular formula is C57H89N21O23S3. The predicted molar refractivity (Wildman–Crippen MR) is 370 cm³/mol. The highest BCUT2D eigenvalue weighted by Crippen LogP contribution is 2.10. The zero-order valence-corrected chi connectivity index (χ0v) is 58.5. The summed E-state index contributed by atoms with van der Waals surface area (Å²) < 4.78 is 0. The van der Waals surface area contributed by atoms with Crippen LogP contribution in [0.15, 0.2) is 35.3 Å². The van der Waals surface area contributed by atoms with Gasteiger partial charge in [0.15, 0.2) is 5.96 Å². The Labute approximate surface area is 607 Å². The average Bonchev–Trinajstić information content (AvgIpc) is 0.861.